The normalized spacial score (nSPS) is 18.0. The minimum Gasteiger partial charge on any atom is -0.489 e. The highest BCUT2D eigenvalue weighted by atomic mass is 16.5. The molecule has 1 saturated carbocycles. The summed E-state index contributed by atoms with van der Waals surface area (Å²) < 4.78 is 12.9. The summed E-state index contributed by atoms with van der Waals surface area (Å²) in [5, 5.41) is 16.3. The molecule has 0 spiro atoms. The first kappa shape index (κ1) is 24.5. The second-order valence-electron chi connectivity index (χ2n) is 8.50. The van der Waals surface area contributed by atoms with Gasteiger partial charge in [0.05, 0.1) is 49.0 Å². The molecule has 9 nitrogen and oxygen atoms in total. The average Bonchev–Trinajstić information content (AvgIpc) is 3.18. The SMILES string of the molecule is CCCCCCOC(=O)NCc1c(-c2ccc(O[C@H]3CCC[C@H](C(=O)O)C3)cn2)cnn1C. The van der Waals surface area contributed by atoms with Crippen LogP contribution in [0.25, 0.3) is 11.3 Å². The van der Waals surface area contributed by atoms with E-state index in [1.165, 1.54) is 0 Å². The van der Waals surface area contributed by atoms with Gasteiger partial charge in [-0.05, 0) is 44.2 Å². The van der Waals surface area contributed by atoms with Gasteiger partial charge in [0.1, 0.15) is 5.75 Å². The van der Waals surface area contributed by atoms with Crippen molar-refractivity contribution in [2.75, 3.05) is 6.61 Å². The van der Waals surface area contributed by atoms with Crippen LogP contribution in [0.5, 0.6) is 5.75 Å². The number of carbonyl (C=O) groups is 2. The molecule has 3 rings (SSSR count). The predicted octanol–water partition coefficient (Wildman–Crippen LogP) is 4.31. The van der Waals surface area contributed by atoms with Crippen LogP contribution in [0, 0.1) is 5.92 Å². The number of carboxylic acids is 1. The summed E-state index contributed by atoms with van der Waals surface area (Å²) in [6.07, 6.45) is 9.94. The first-order valence-corrected chi connectivity index (χ1v) is 11.7. The summed E-state index contributed by atoms with van der Waals surface area (Å²) in [5.74, 6) is -0.482. The summed E-state index contributed by atoms with van der Waals surface area (Å²) >= 11 is 0. The Morgan fingerprint density at radius 1 is 1.21 bits per heavy atom. The highest BCUT2D eigenvalue weighted by molar-refractivity contribution is 5.70. The van der Waals surface area contributed by atoms with E-state index in [4.69, 9.17) is 9.47 Å². The van der Waals surface area contributed by atoms with Gasteiger partial charge in [-0.25, -0.2) is 4.79 Å². The fourth-order valence-corrected chi connectivity index (χ4v) is 4.07. The number of nitrogens with one attached hydrogen (secondary N) is 1. The van der Waals surface area contributed by atoms with Crippen LogP contribution in [0.1, 0.15) is 64.0 Å². The standard InChI is InChI=1S/C24H34N4O5/c1-3-4-5-6-12-32-24(31)26-16-22-20(15-27-28(22)2)21-11-10-19(14-25-21)33-18-9-7-8-17(13-18)23(29)30/h10-11,14-15,17-18H,3-9,12-13,16H2,1-2H3,(H,26,31)(H,29,30)/t17-,18-/m0/s1. The molecule has 1 aliphatic rings. The summed E-state index contributed by atoms with van der Waals surface area (Å²) in [7, 11) is 1.82. The molecule has 0 unspecified atom stereocenters. The fraction of sp³-hybridized carbons (Fsp3) is 0.583. The molecule has 2 atom stereocenters. The van der Waals surface area contributed by atoms with Crippen LogP contribution in [-0.4, -0.2) is 44.6 Å². The number of alkyl carbamates (subject to hydrolysis) is 1. The number of amides is 1. The van der Waals surface area contributed by atoms with Crippen molar-refractivity contribution in [3.05, 3.63) is 30.2 Å². The molecule has 0 radical (unpaired) electrons. The quantitative estimate of drug-likeness (QED) is 0.482. The largest absolute Gasteiger partial charge is 0.489 e. The number of hydrogen-bond donors (Lipinski definition) is 2. The number of hydrogen-bond acceptors (Lipinski definition) is 6. The lowest BCUT2D eigenvalue weighted by atomic mass is 9.87. The molecular formula is C24H34N4O5. The van der Waals surface area contributed by atoms with Gasteiger partial charge >= 0.3 is 12.1 Å². The van der Waals surface area contributed by atoms with E-state index in [2.05, 4.69) is 22.3 Å². The van der Waals surface area contributed by atoms with Gasteiger partial charge in [0.2, 0.25) is 0 Å². The Morgan fingerprint density at radius 3 is 2.79 bits per heavy atom. The molecule has 2 aromatic heterocycles. The monoisotopic (exact) mass is 458 g/mol. The van der Waals surface area contributed by atoms with Crippen molar-refractivity contribution in [3.63, 3.8) is 0 Å². The number of aliphatic carboxylic acids is 1. The molecule has 9 heteroatoms. The zero-order chi connectivity index (χ0) is 23.6. The zero-order valence-corrected chi connectivity index (χ0v) is 19.5. The van der Waals surface area contributed by atoms with E-state index in [0.29, 0.717) is 30.9 Å². The Kier molecular flexibility index (Phi) is 9.09. The molecule has 1 fully saturated rings. The van der Waals surface area contributed by atoms with Gasteiger partial charge in [0.25, 0.3) is 0 Å². The Labute approximate surface area is 194 Å². The first-order chi connectivity index (χ1) is 16.0. The van der Waals surface area contributed by atoms with E-state index in [0.717, 1.165) is 49.8 Å². The van der Waals surface area contributed by atoms with Crippen molar-refractivity contribution >= 4 is 12.1 Å². The molecule has 1 aliphatic carbocycles. The van der Waals surface area contributed by atoms with Crippen LogP contribution in [0.15, 0.2) is 24.5 Å². The van der Waals surface area contributed by atoms with Crippen molar-refractivity contribution in [2.45, 2.75) is 70.9 Å². The number of carbonyl (C=O) groups excluding carboxylic acids is 1. The third kappa shape index (κ3) is 7.20. The molecule has 2 N–H and O–H groups in total. The van der Waals surface area contributed by atoms with Crippen molar-refractivity contribution in [2.24, 2.45) is 13.0 Å². The maximum absolute atomic E-state index is 12.0. The van der Waals surface area contributed by atoms with Crippen LogP contribution < -0.4 is 10.1 Å². The van der Waals surface area contributed by atoms with E-state index >= 15 is 0 Å². The molecule has 0 bridgehead atoms. The number of aryl methyl sites for hydroxylation is 1. The van der Waals surface area contributed by atoms with Crippen molar-refractivity contribution < 1.29 is 24.2 Å². The van der Waals surface area contributed by atoms with Crippen molar-refractivity contribution in [3.8, 4) is 17.0 Å². The summed E-state index contributed by atoms with van der Waals surface area (Å²) in [6, 6.07) is 3.68. The number of aromatic nitrogens is 3. The number of pyridine rings is 1. The molecule has 1 amide bonds. The van der Waals surface area contributed by atoms with E-state index < -0.39 is 12.1 Å². The van der Waals surface area contributed by atoms with Crippen LogP contribution in [0.2, 0.25) is 0 Å². The number of unbranched alkanes of at least 4 members (excludes halogenated alkanes) is 3. The summed E-state index contributed by atoms with van der Waals surface area (Å²) in [5.41, 5.74) is 2.35. The molecule has 2 aromatic rings. The average molecular weight is 459 g/mol. The second kappa shape index (κ2) is 12.2. The van der Waals surface area contributed by atoms with Gasteiger partial charge < -0.3 is 19.9 Å². The van der Waals surface area contributed by atoms with Gasteiger partial charge in [0, 0.05) is 12.6 Å². The maximum Gasteiger partial charge on any atom is 0.407 e. The Morgan fingerprint density at radius 2 is 2.06 bits per heavy atom. The molecule has 33 heavy (non-hydrogen) atoms. The molecule has 2 heterocycles. The number of ether oxygens (including phenoxy) is 2. The van der Waals surface area contributed by atoms with Crippen LogP contribution in [0.4, 0.5) is 4.79 Å². The fourth-order valence-electron chi connectivity index (χ4n) is 4.07. The Bertz CT molecular complexity index is 912. The van der Waals surface area contributed by atoms with Crippen molar-refractivity contribution in [1.29, 1.82) is 0 Å². The molecule has 0 aliphatic heterocycles. The highest BCUT2D eigenvalue weighted by Crippen LogP contribution is 2.29. The minimum absolute atomic E-state index is 0.112. The van der Waals surface area contributed by atoms with Crippen LogP contribution >= 0.6 is 0 Å². The van der Waals surface area contributed by atoms with Crippen LogP contribution in [-0.2, 0) is 23.1 Å². The van der Waals surface area contributed by atoms with E-state index in [1.807, 2.05) is 19.2 Å². The number of carboxylic acid groups (broad SMARTS) is 1. The molecule has 0 aromatic carbocycles. The van der Waals surface area contributed by atoms with E-state index in [9.17, 15) is 14.7 Å². The molecule has 180 valence electrons. The molecule has 0 saturated heterocycles. The lowest BCUT2D eigenvalue weighted by Gasteiger charge is -2.27. The van der Waals surface area contributed by atoms with Gasteiger partial charge in [-0.1, -0.05) is 26.2 Å². The third-order valence-corrected chi connectivity index (χ3v) is 5.98. The smallest absolute Gasteiger partial charge is 0.407 e. The topological polar surface area (TPSA) is 116 Å². The van der Waals surface area contributed by atoms with E-state index in [-0.39, 0.29) is 18.6 Å². The first-order valence-electron chi connectivity index (χ1n) is 11.7. The summed E-state index contributed by atoms with van der Waals surface area (Å²) in [6.45, 7) is 2.83. The van der Waals surface area contributed by atoms with Gasteiger partial charge in [-0.2, -0.15) is 5.10 Å². The summed E-state index contributed by atoms with van der Waals surface area (Å²) in [4.78, 5) is 27.8. The number of rotatable bonds is 11. The highest BCUT2D eigenvalue weighted by Gasteiger charge is 2.28. The molecular weight excluding hydrogens is 424 g/mol. The van der Waals surface area contributed by atoms with Gasteiger partial charge in [-0.3, -0.25) is 14.5 Å². The van der Waals surface area contributed by atoms with Crippen molar-refractivity contribution in [1.82, 2.24) is 20.1 Å². The van der Waals surface area contributed by atoms with E-state index in [1.54, 1.807) is 17.1 Å². The Balaban J connectivity index is 1.55. The van der Waals surface area contributed by atoms with Gasteiger partial charge in [-0.15, -0.1) is 0 Å². The lowest BCUT2D eigenvalue weighted by Crippen LogP contribution is -2.29. The predicted molar refractivity (Wildman–Crippen MR) is 123 cm³/mol. The third-order valence-electron chi connectivity index (χ3n) is 5.98. The maximum atomic E-state index is 12.0. The zero-order valence-electron chi connectivity index (χ0n) is 19.5. The minimum atomic E-state index is -0.755. The van der Waals surface area contributed by atoms with Crippen LogP contribution in [0.3, 0.4) is 0 Å². The van der Waals surface area contributed by atoms with Gasteiger partial charge in [0.15, 0.2) is 0 Å². The Hall–Kier alpha value is -3.10. The lowest BCUT2D eigenvalue weighted by molar-refractivity contribution is -0.143. The number of nitrogens with zero attached hydrogens (tertiary/aromatic N) is 3. The second-order valence-corrected chi connectivity index (χ2v) is 8.50.